The Bertz CT molecular complexity index is 876. The lowest BCUT2D eigenvalue weighted by Crippen LogP contribution is -2.10. The summed E-state index contributed by atoms with van der Waals surface area (Å²) in [6.07, 6.45) is 1.69. The van der Waals surface area contributed by atoms with E-state index < -0.39 is 0 Å². The zero-order valence-electron chi connectivity index (χ0n) is 12.5. The van der Waals surface area contributed by atoms with Crippen LogP contribution in [0.4, 0.5) is 5.13 Å². The predicted molar refractivity (Wildman–Crippen MR) is 94.3 cm³/mol. The summed E-state index contributed by atoms with van der Waals surface area (Å²) in [5, 5.41) is 4.14. The number of nitrogens with zero attached hydrogens (tertiary/aromatic N) is 1. The van der Waals surface area contributed by atoms with E-state index >= 15 is 0 Å². The van der Waals surface area contributed by atoms with Crippen molar-refractivity contribution >= 4 is 45.6 Å². The molecule has 1 amide bonds. The number of carbonyl (C=O) groups excluding carboxylic acids is 1. The van der Waals surface area contributed by atoms with Crippen LogP contribution in [0.25, 0.3) is 0 Å². The molecule has 124 valence electrons. The molecule has 2 aromatic heterocycles. The highest BCUT2D eigenvalue weighted by Crippen LogP contribution is 2.28. The number of furan rings is 1. The second-order valence-corrected chi connectivity index (χ2v) is 6.94. The smallest absolute Gasteiger partial charge is 0.293 e. The van der Waals surface area contributed by atoms with Crippen molar-refractivity contribution in [3.8, 4) is 5.75 Å². The van der Waals surface area contributed by atoms with E-state index in [1.54, 1.807) is 36.5 Å². The van der Waals surface area contributed by atoms with Gasteiger partial charge in [-0.25, -0.2) is 4.98 Å². The highest BCUT2D eigenvalue weighted by atomic mass is 35.5. The average Bonchev–Trinajstić information content (AvgIpc) is 3.15. The minimum Gasteiger partial charge on any atom is -0.484 e. The fourth-order valence-electron chi connectivity index (χ4n) is 1.89. The number of carbonyl (C=O) groups is 1. The van der Waals surface area contributed by atoms with Gasteiger partial charge >= 0.3 is 0 Å². The largest absolute Gasteiger partial charge is 0.484 e. The van der Waals surface area contributed by atoms with Crippen molar-refractivity contribution in [2.24, 2.45) is 0 Å². The van der Waals surface area contributed by atoms with E-state index in [4.69, 9.17) is 32.4 Å². The quantitative estimate of drug-likeness (QED) is 0.659. The van der Waals surface area contributed by atoms with Gasteiger partial charge in [0.15, 0.2) is 10.9 Å². The molecule has 0 bridgehead atoms. The molecule has 2 heterocycles. The Morgan fingerprint density at radius 1 is 1.33 bits per heavy atom. The summed E-state index contributed by atoms with van der Waals surface area (Å²) < 4.78 is 11.0. The van der Waals surface area contributed by atoms with Crippen LogP contribution in [0.2, 0.25) is 10.0 Å². The molecule has 8 heteroatoms. The predicted octanol–water partition coefficient (Wildman–Crippen LogP) is 5.18. The molecule has 3 rings (SSSR count). The van der Waals surface area contributed by atoms with Crippen LogP contribution < -0.4 is 10.1 Å². The molecule has 1 aromatic carbocycles. The van der Waals surface area contributed by atoms with E-state index in [1.165, 1.54) is 11.3 Å². The zero-order valence-corrected chi connectivity index (χ0v) is 14.8. The topological polar surface area (TPSA) is 64.4 Å². The first-order chi connectivity index (χ1) is 11.5. The summed E-state index contributed by atoms with van der Waals surface area (Å²) in [6, 6.07) is 8.20. The Morgan fingerprint density at radius 3 is 2.88 bits per heavy atom. The van der Waals surface area contributed by atoms with Crippen molar-refractivity contribution < 1.29 is 13.9 Å². The third kappa shape index (κ3) is 4.08. The fraction of sp³-hybridized carbons (Fsp3) is 0.125. The van der Waals surface area contributed by atoms with E-state index in [1.807, 2.05) is 6.92 Å². The number of thiazole rings is 1. The Kier molecular flexibility index (Phi) is 5.08. The summed E-state index contributed by atoms with van der Waals surface area (Å²) in [7, 11) is 0. The summed E-state index contributed by atoms with van der Waals surface area (Å²) in [5.74, 6) is 0.812. The second kappa shape index (κ2) is 7.25. The summed E-state index contributed by atoms with van der Waals surface area (Å²) in [5.41, 5.74) is 0. The molecular weight excluding hydrogens is 371 g/mol. The third-order valence-electron chi connectivity index (χ3n) is 2.99. The number of nitrogens with one attached hydrogen (secondary N) is 1. The molecule has 0 atom stereocenters. The first-order valence-electron chi connectivity index (χ1n) is 6.91. The molecule has 0 unspecified atom stereocenters. The lowest BCUT2D eigenvalue weighted by Gasteiger charge is -2.06. The van der Waals surface area contributed by atoms with Gasteiger partial charge in [-0.2, -0.15) is 0 Å². The third-order valence-corrected chi connectivity index (χ3v) is 4.35. The van der Waals surface area contributed by atoms with E-state index in [9.17, 15) is 4.79 Å². The molecule has 0 aliphatic carbocycles. The van der Waals surface area contributed by atoms with Gasteiger partial charge in [0.05, 0.1) is 5.02 Å². The SMILES string of the molecule is Cc1cnc(NC(=O)c2ccc(COc3ccc(Cl)cc3Cl)o2)s1. The molecule has 0 fully saturated rings. The maximum Gasteiger partial charge on any atom is 0.293 e. The average molecular weight is 383 g/mol. The number of aromatic nitrogens is 1. The van der Waals surface area contributed by atoms with Crippen LogP contribution in [0.15, 0.2) is 40.9 Å². The molecule has 0 aliphatic rings. The van der Waals surface area contributed by atoms with Gasteiger partial charge in [-0.15, -0.1) is 11.3 Å². The monoisotopic (exact) mass is 382 g/mol. The van der Waals surface area contributed by atoms with E-state index in [-0.39, 0.29) is 18.3 Å². The van der Waals surface area contributed by atoms with Crippen molar-refractivity contribution in [1.82, 2.24) is 4.98 Å². The molecule has 1 N–H and O–H groups in total. The maximum atomic E-state index is 12.1. The number of amides is 1. The van der Waals surface area contributed by atoms with Gasteiger partial charge in [0.1, 0.15) is 18.1 Å². The van der Waals surface area contributed by atoms with Crippen molar-refractivity contribution in [3.63, 3.8) is 0 Å². The van der Waals surface area contributed by atoms with Gasteiger partial charge in [0, 0.05) is 16.1 Å². The number of ether oxygens (including phenoxy) is 1. The number of rotatable bonds is 5. The number of hydrogen-bond acceptors (Lipinski definition) is 5. The number of aryl methyl sites for hydroxylation is 1. The van der Waals surface area contributed by atoms with Crippen LogP contribution in [0.1, 0.15) is 21.2 Å². The Balaban J connectivity index is 1.61. The summed E-state index contributed by atoms with van der Waals surface area (Å²) in [6.45, 7) is 2.06. The van der Waals surface area contributed by atoms with Gasteiger partial charge in [-0.3, -0.25) is 10.1 Å². The van der Waals surface area contributed by atoms with E-state index in [0.717, 1.165) is 4.88 Å². The van der Waals surface area contributed by atoms with Gasteiger partial charge < -0.3 is 9.15 Å². The Morgan fingerprint density at radius 2 is 2.17 bits per heavy atom. The van der Waals surface area contributed by atoms with Gasteiger partial charge in [-0.1, -0.05) is 23.2 Å². The Hall–Kier alpha value is -2.02. The lowest BCUT2D eigenvalue weighted by atomic mass is 10.3. The maximum absolute atomic E-state index is 12.1. The zero-order chi connectivity index (χ0) is 17.1. The highest BCUT2D eigenvalue weighted by Gasteiger charge is 2.13. The molecule has 24 heavy (non-hydrogen) atoms. The number of benzene rings is 1. The van der Waals surface area contributed by atoms with Crippen molar-refractivity contribution in [3.05, 3.63) is 63.0 Å². The van der Waals surface area contributed by atoms with Crippen LogP contribution >= 0.6 is 34.5 Å². The normalized spacial score (nSPS) is 10.6. The minimum absolute atomic E-state index is 0.144. The fourth-order valence-corrected chi connectivity index (χ4v) is 3.01. The van der Waals surface area contributed by atoms with Gasteiger partial charge in [-0.05, 0) is 37.3 Å². The highest BCUT2D eigenvalue weighted by molar-refractivity contribution is 7.15. The molecular formula is C16H12Cl2N2O3S. The molecule has 3 aromatic rings. The van der Waals surface area contributed by atoms with Crippen LogP contribution in [0.5, 0.6) is 5.75 Å². The Labute approximate surface area is 152 Å². The van der Waals surface area contributed by atoms with Gasteiger partial charge in [0.25, 0.3) is 5.91 Å². The first kappa shape index (κ1) is 16.8. The molecule has 0 spiro atoms. The van der Waals surface area contributed by atoms with Gasteiger partial charge in [0.2, 0.25) is 0 Å². The van der Waals surface area contributed by atoms with Crippen molar-refractivity contribution in [1.29, 1.82) is 0 Å². The molecule has 0 saturated carbocycles. The van der Waals surface area contributed by atoms with Crippen molar-refractivity contribution in [2.75, 3.05) is 5.32 Å². The van der Waals surface area contributed by atoms with E-state index in [2.05, 4.69) is 10.3 Å². The summed E-state index contributed by atoms with van der Waals surface area (Å²) in [4.78, 5) is 17.2. The number of anilines is 1. The van der Waals surface area contributed by atoms with Crippen LogP contribution in [0.3, 0.4) is 0 Å². The molecule has 0 aliphatic heterocycles. The van der Waals surface area contributed by atoms with Crippen molar-refractivity contribution in [2.45, 2.75) is 13.5 Å². The molecule has 5 nitrogen and oxygen atoms in total. The summed E-state index contributed by atoms with van der Waals surface area (Å²) >= 11 is 13.3. The standard InChI is InChI=1S/C16H12Cl2N2O3S/c1-9-7-19-16(24-9)20-15(21)14-5-3-11(23-14)8-22-13-4-2-10(17)6-12(13)18/h2-7H,8H2,1H3,(H,19,20,21). The second-order valence-electron chi connectivity index (χ2n) is 4.86. The van der Waals surface area contributed by atoms with E-state index in [0.29, 0.717) is 26.7 Å². The number of halogens is 2. The van der Waals surface area contributed by atoms with Crippen LogP contribution in [-0.4, -0.2) is 10.9 Å². The van der Waals surface area contributed by atoms with Crippen LogP contribution in [0, 0.1) is 6.92 Å². The first-order valence-corrected chi connectivity index (χ1v) is 8.49. The lowest BCUT2D eigenvalue weighted by molar-refractivity contribution is 0.0992. The van der Waals surface area contributed by atoms with Crippen LogP contribution in [-0.2, 0) is 6.61 Å². The molecule has 0 saturated heterocycles. The number of hydrogen-bond donors (Lipinski definition) is 1. The molecule has 0 radical (unpaired) electrons. The minimum atomic E-state index is -0.361.